The Balaban J connectivity index is 1.93. The van der Waals surface area contributed by atoms with E-state index in [1.165, 1.54) is 4.68 Å². The SMILES string of the molecule is CCn1nc(C)cc1S(=O)(=O)NCCN1CCNCC1. The highest BCUT2D eigenvalue weighted by molar-refractivity contribution is 7.89. The number of aryl methyl sites for hydroxylation is 2. The van der Waals surface area contributed by atoms with E-state index in [0.717, 1.165) is 32.7 Å². The van der Waals surface area contributed by atoms with Crippen LogP contribution in [-0.2, 0) is 16.6 Å². The molecule has 1 aromatic rings. The number of nitrogens with one attached hydrogen (secondary N) is 2. The fourth-order valence-corrected chi connectivity index (χ4v) is 3.59. The second-order valence-corrected chi connectivity index (χ2v) is 6.64. The minimum atomic E-state index is -3.47. The highest BCUT2D eigenvalue weighted by atomic mass is 32.2. The van der Waals surface area contributed by atoms with Crippen molar-refractivity contribution in [2.45, 2.75) is 25.4 Å². The zero-order valence-corrected chi connectivity index (χ0v) is 12.9. The van der Waals surface area contributed by atoms with E-state index in [2.05, 4.69) is 20.0 Å². The average Bonchev–Trinajstić information content (AvgIpc) is 2.82. The lowest BCUT2D eigenvalue weighted by molar-refractivity contribution is 0.245. The quantitative estimate of drug-likeness (QED) is 0.733. The Hall–Kier alpha value is -0.960. The lowest BCUT2D eigenvalue weighted by Crippen LogP contribution is -2.46. The van der Waals surface area contributed by atoms with Crippen molar-refractivity contribution >= 4 is 10.0 Å². The van der Waals surface area contributed by atoms with E-state index in [9.17, 15) is 8.42 Å². The number of hydrogen-bond donors (Lipinski definition) is 2. The second-order valence-electron chi connectivity index (χ2n) is 4.93. The molecule has 1 aromatic heterocycles. The van der Waals surface area contributed by atoms with Crippen molar-refractivity contribution in [1.82, 2.24) is 24.7 Å². The molecule has 0 aliphatic carbocycles. The van der Waals surface area contributed by atoms with Crippen molar-refractivity contribution in [3.63, 3.8) is 0 Å². The molecule has 0 aromatic carbocycles. The molecule has 2 rings (SSSR count). The Kier molecular flexibility index (Phi) is 5.14. The first kappa shape index (κ1) is 15.4. The van der Waals surface area contributed by atoms with Gasteiger partial charge in [-0.05, 0) is 19.9 Å². The van der Waals surface area contributed by atoms with E-state index < -0.39 is 10.0 Å². The number of sulfonamides is 1. The fourth-order valence-electron chi connectivity index (χ4n) is 2.31. The van der Waals surface area contributed by atoms with Crippen LogP contribution in [-0.4, -0.2) is 62.4 Å². The number of piperazine rings is 1. The summed E-state index contributed by atoms with van der Waals surface area (Å²) in [7, 11) is -3.47. The first-order valence-corrected chi connectivity index (χ1v) is 8.48. The molecule has 2 heterocycles. The van der Waals surface area contributed by atoms with Crippen LogP contribution in [0.25, 0.3) is 0 Å². The summed E-state index contributed by atoms with van der Waals surface area (Å²) in [4.78, 5) is 2.25. The number of aromatic nitrogens is 2. The van der Waals surface area contributed by atoms with Crippen LogP contribution in [0.4, 0.5) is 0 Å². The summed E-state index contributed by atoms with van der Waals surface area (Å²) in [6.45, 7) is 9.25. The van der Waals surface area contributed by atoms with E-state index in [-0.39, 0.29) is 5.03 Å². The van der Waals surface area contributed by atoms with Crippen LogP contribution in [0.5, 0.6) is 0 Å². The third-order valence-corrected chi connectivity index (χ3v) is 4.83. The standard InChI is InChI=1S/C12H23N5O2S/c1-3-17-12(10-11(2)15-17)20(18,19)14-6-9-16-7-4-13-5-8-16/h10,13-14H,3-9H2,1-2H3. The Bertz CT molecular complexity index is 534. The van der Waals surface area contributed by atoms with Crippen molar-refractivity contribution in [2.75, 3.05) is 39.3 Å². The fraction of sp³-hybridized carbons (Fsp3) is 0.750. The molecule has 0 spiro atoms. The molecule has 20 heavy (non-hydrogen) atoms. The van der Waals surface area contributed by atoms with Crippen LogP contribution >= 0.6 is 0 Å². The second kappa shape index (κ2) is 6.66. The van der Waals surface area contributed by atoms with E-state index in [1.54, 1.807) is 13.0 Å². The van der Waals surface area contributed by atoms with Gasteiger partial charge < -0.3 is 5.32 Å². The molecule has 7 nitrogen and oxygen atoms in total. The van der Waals surface area contributed by atoms with Crippen LogP contribution in [0.2, 0.25) is 0 Å². The first-order valence-electron chi connectivity index (χ1n) is 7.00. The third kappa shape index (κ3) is 3.78. The molecular formula is C12H23N5O2S. The average molecular weight is 301 g/mol. The molecule has 1 aliphatic heterocycles. The number of hydrogen-bond acceptors (Lipinski definition) is 5. The monoisotopic (exact) mass is 301 g/mol. The molecule has 2 N–H and O–H groups in total. The van der Waals surface area contributed by atoms with Gasteiger partial charge in [0.1, 0.15) is 0 Å². The maximum atomic E-state index is 12.3. The van der Waals surface area contributed by atoms with Gasteiger partial charge in [0.15, 0.2) is 5.03 Å². The molecule has 8 heteroatoms. The van der Waals surface area contributed by atoms with E-state index in [0.29, 0.717) is 18.8 Å². The van der Waals surface area contributed by atoms with Crippen molar-refractivity contribution in [3.8, 4) is 0 Å². The van der Waals surface area contributed by atoms with E-state index in [1.807, 2.05) is 6.92 Å². The number of rotatable bonds is 6. The van der Waals surface area contributed by atoms with Gasteiger partial charge in [-0.2, -0.15) is 5.10 Å². The Morgan fingerprint density at radius 1 is 1.40 bits per heavy atom. The highest BCUT2D eigenvalue weighted by Crippen LogP contribution is 2.10. The smallest absolute Gasteiger partial charge is 0.257 e. The molecule has 0 unspecified atom stereocenters. The van der Waals surface area contributed by atoms with Crippen molar-refractivity contribution in [3.05, 3.63) is 11.8 Å². The summed E-state index contributed by atoms with van der Waals surface area (Å²) in [6, 6.07) is 1.61. The molecule has 1 fully saturated rings. The highest BCUT2D eigenvalue weighted by Gasteiger charge is 2.20. The molecule has 1 aliphatic rings. The maximum absolute atomic E-state index is 12.3. The van der Waals surface area contributed by atoms with Crippen LogP contribution < -0.4 is 10.0 Å². The first-order chi connectivity index (χ1) is 9.53. The Morgan fingerprint density at radius 2 is 2.10 bits per heavy atom. The van der Waals surface area contributed by atoms with E-state index in [4.69, 9.17) is 0 Å². The van der Waals surface area contributed by atoms with Gasteiger partial charge in [0.2, 0.25) is 0 Å². The molecule has 0 amide bonds. The van der Waals surface area contributed by atoms with E-state index >= 15 is 0 Å². The summed E-state index contributed by atoms with van der Waals surface area (Å²) >= 11 is 0. The van der Waals surface area contributed by atoms with Crippen LogP contribution in [0.15, 0.2) is 11.1 Å². The third-order valence-electron chi connectivity index (χ3n) is 3.37. The summed E-state index contributed by atoms with van der Waals surface area (Å²) in [6.07, 6.45) is 0. The summed E-state index contributed by atoms with van der Waals surface area (Å²) in [5, 5.41) is 7.69. The Labute approximate surface area is 120 Å². The summed E-state index contributed by atoms with van der Waals surface area (Å²) in [5.41, 5.74) is 0.717. The zero-order chi connectivity index (χ0) is 14.6. The minimum absolute atomic E-state index is 0.248. The van der Waals surface area contributed by atoms with Crippen LogP contribution in [0, 0.1) is 6.92 Å². The molecule has 114 valence electrons. The van der Waals surface area contributed by atoms with Gasteiger partial charge in [0.05, 0.1) is 5.69 Å². The predicted octanol–water partition coefficient (Wildman–Crippen LogP) is -0.605. The van der Waals surface area contributed by atoms with Gasteiger partial charge in [-0.1, -0.05) is 0 Å². The van der Waals surface area contributed by atoms with Gasteiger partial charge in [-0.3, -0.25) is 9.58 Å². The van der Waals surface area contributed by atoms with Crippen molar-refractivity contribution in [2.24, 2.45) is 0 Å². The molecule has 0 bridgehead atoms. The normalized spacial score (nSPS) is 17.5. The predicted molar refractivity (Wildman–Crippen MR) is 77.1 cm³/mol. The number of nitrogens with zero attached hydrogens (tertiary/aromatic N) is 3. The molecule has 0 saturated carbocycles. The molecule has 1 saturated heterocycles. The topological polar surface area (TPSA) is 79.3 Å². The molecule has 0 radical (unpaired) electrons. The van der Waals surface area contributed by atoms with Crippen LogP contribution in [0.1, 0.15) is 12.6 Å². The molecule has 0 atom stereocenters. The van der Waals surface area contributed by atoms with Gasteiger partial charge in [0, 0.05) is 45.8 Å². The largest absolute Gasteiger partial charge is 0.314 e. The van der Waals surface area contributed by atoms with Crippen molar-refractivity contribution < 1.29 is 8.42 Å². The van der Waals surface area contributed by atoms with Gasteiger partial charge in [-0.25, -0.2) is 13.1 Å². The summed E-state index contributed by atoms with van der Waals surface area (Å²) in [5.74, 6) is 0. The molecular weight excluding hydrogens is 278 g/mol. The van der Waals surface area contributed by atoms with Gasteiger partial charge in [0.25, 0.3) is 10.0 Å². The van der Waals surface area contributed by atoms with Gasteiger partial charge in [-0.15, -0.1) is 0 Å². The summed E-state index contributed by atoms with van der Waals surface area (Å²) < 4.78 is 28.7. The lowest BCUT2D eigenvalue weighted by atomic mass is 10.3. The van der Waals surface area contributed by atoms with Crippen LogP contribution in [0.3, 0.4) is 0 Å². The van der Waals surface area contributed by atoms with Gasteiger partial charge >= 0.3 is 0 Å². The van der Waals surface area contributed by atoms with Crippen molar-refractivity contribution in [1.29, 1.82) is 0 Å². The zero-order valence-electron chi connectivity index (χ0n) is 12.1. The minimum Gasteiger partial charge on any atom is -0.314 e. The lowest BCUT2D eigenvalue weighted by Gasteiger charge is -2.27. The Morgan fingerprint density at radius 3 is 2.75 bits per heavy atom. The maximum Gasteiger partial charge on any atom is 0.257 e.